The van der Waals surface area contributed by atoms with Gasteiger partial charge in [-0.2, -0.15) is 0 Å². The number of rotatable bonds is 3. The summed E-state index contributed by atoms with van der Waals surface area (Å²) < 4.78 is 10.4. The maximum absolute atomic E-state index is 12.1. The summed E-state index contributed by atoms with van der Waals surface area (Å²) in [7, 11) is 1.59. The molecule has 0 aliphatic carbocycles. The Morgan fingerprint density at radius 2 is 2.39 bits per heavy atom. The van der Waals surface area contributed by atoms with E-state index in [1.54, 1.807) is 24.1 Å². The van der Waals surface area contributed by atoms with Gasteiger partial charge in [0, 0.05) is 26.2 Å². The van der Waals surface area contributed by atoms with Crippen LogP contribution in [0.15, 0.2) is 16.5 Å². The van der Waals surface area contributed by atoms with E-state index in [0.29, 0.717) is 24.7 Å². The Balaban J connectivity index is 0.00000162. The molecule has 1 unspecified atom stereocenters. The number of methoxy groups -OCH3 is 1. The predicted molar refractivity (Wildman–Crippen MR) is 69.8 cm³/mol. The number of hydrogen-bond acceptors (Lipinski definition) is 4. The molecule has 2 rings (SSSR count). The Morgan fingerprint density at radius 3 is 3.06 bits per heavy atom. The van der Waals surface area contributed by atoms with Crippen molar-refractivity contribution < 1.29 is 13.9 Å². The highest BCUT2D eigenvalue weighted by Crippen LogP contribution is 2.15. The fraction of sp³-hybridized carbons (Fsp3) is 0.583. The van der Waals surface area contributed by atoms with Gasteiger partial charge in [0.05, 0.1) is 0 Å². The van der Waals surface area contributed by atoms with E-state index in [4.69, 9.17) is 14.9 Å². The third-order valence-corrected chi connectivity index (χ3v) is 2.90. The summed E-state index contributed by atoms with van der Waals surface area (Å²) in [5, 5.41) is 0. The lowest BCUT2D eigenvalue weighted by Gasteiger charge is -2.30. The molecule has 1 amide bonds. The maximum Gasteiger partial charge on any atom is 0.289 e. The number of nitrogens with two attached hydrogens (primary N) is 1. The van der Waals surface area contributed by atoms with Crippen molar-refractivity contribution in [2.75, 3.05) is 20.2 Å². The number of likely N-dealkylation sites (tertiary alicyclic amines) is 1. The molecule has 2 heterocycles. The van der Waals surface area contributed by atoms with E-state index >= 15 is 0 Å². The van der Waals surface area contributed by atoms with Gasteiger partial charge in [-0.05, 0) is 25.0 Å². The minimum atomic E-state index is -0.0810. The quantitative estimate of drug-likeness (QED) is 0.905. The molecule has 2 N–H and O–H groups in total. The lowest BCUT2D eigenvalue weighted by atomic mass is 10.1. The first kappa shape index (κ1) is 15.0. The van der Waals surface area contributed by atoms with Crippen LogP contribution >= 0.6 is 12.4 Å². The molecular formula is C12H19ClN2O3. The van der Waals surface area contributed by atoms with Crippen molar-refractivity contribution in [3.8, 4) is 0 Å². The van der Waals surface area contributed by atoms with Gasteiger partial charge in [-0.1, -0.05) is 0 Å². The van der Waals surface area contributed by atoms with Gasteiger partial charge >= 0.3 is 0 Å². The van der Waals surface area contributed by atoms with E-state index in [-0.39, 0.29) is 24.4 Å². The molecule has 1 aliphatic heterocycles. The summed E-state index contributed by atoms with van der Waals surface area (Å²) in [6, 6.07) is 3.54. The van der Waals surface area contributed by atoms with Crippen LogP contribution in [-0.4, -0.2) is 37.0 Å². The van der Waals surface area contributed by atoms with Crippen molar-refractivity contribution in [1.82, 2.24) is 4.90 Å². The lowest BCUT2D eigenvalue weighted by molar-refractivity contribution is 0.0669. The molecule has 0 saturated carbocycles. The molecule has 5 nitrogen and oxygen atoms in total. The van der Waals surface area contributed by atoms with Crippen LogP contribution in [0.3, 0.4) is 0 Å². The van der Waals surface area contributed by atoms with Crippen molar-refractivity contribution in [2.24, 2.45) is 5.73 Å². The van der Waals surface area contributed by atoms with E-state index in [9.17, 15) is 4.79 Å². The Hall–Kier alpha value is -1.04. The number of furan rings is 1. The third-order valence-electron chi connectivity index (χ3n) is 2.90. The Labute approximate surface area is 113 Å². The van der Waals surface area contributed by atoms with Crippen LogP contribution < -0.4 is 5.73 Å². The number of hydrogen-bond donors (Lipinski definition) is 1. The minimum absolute atomic E-state index is 0. The standard InChI is InChI=1S/C12H18N2O3.ClH/c1-16-8-10-4-5-11(17-10)12(15)14-6-2-3-9(13)7-14;/h4-5,9H,2-3,6-8,13H2,1H3;1H. The highest BCUT2D eigenvalue weighted by atomic mass is 35.5. The van der Waals surface area contributed by atoms with E-state index in [1.807, 2.05) is 0 Å². The van der Waals surface area contributed by atoms with Crippen LogP contribution in [0, 0.1) is 0 Å². The molecule has 0 radical (unpaired) electrons. The Kier molecular flexibility index (Phi) is 5.65. The van der Waals surface area contributed by atoms with Gasteiger partial charge in [0.2, 0.25) is 0 Å². The van der Waals surface area contributed by atoms with Gasteiger partial charge in [-0.3, -0.25) is 4.79 Å². The van der Waals surface area contributed by atoms with E-state index in [1.165, 1.54) is 0 Å². The lowest BCUT2D eigenvalue weighted by Crippen LogP contribution is -2.45. The number of halogens is 1. The monoisotopic (exact) mass is 274 g/mol. The van der Waals surface area contributed by atoms with Crippen molar-refractivity contribution in [1.29, 1.82) is 0 Å². The summed E-state index contributed by atoms with van der Waals surface area (Å²) in [6.45, 7) is 1.75. The molecular weight excluding hydrogens is 256 g/mol. The van der Waals surface area contributed by atoms with Crippen LogP contribution in [0.1, 0.15) is 29.2 Å². The van der Waals surface area contributed by atoms with Crippen molar-refractivity contribution in [2.45, 2.75) is 25.5 Å². The molecule has 1 fully saturated rings. The predicted octanol–water partition coefficient (Wildman–Crippen LogP) is 1.41. The zero-order valence-electron chi connectivity index (χ0n) is 10.4. The summed E-state index contributed by atoms with van der Waals surface area (Å²) in [4.78, 5) is 13.9. The van der Waals surface area contributed by atoms with E-state index < -0.39 is 0 Å². The van der Waals surface area contributed by atoms with Crippen LogP contribution in [0.5, 0.6) is 0 Å². The second kappa shape index (κ2) is 6.78. The molecule has 1 aromatic heterocycles. The summed E-state index contributed by atoms with van der Waals surface area (Å²) >= 11 is 0. The summed E-state index contributed by atoms with van der Waals surface area (Å²) in [5.74, 6) is 0.950. The number of ether oxygens (including phenoxy) is 1. The van der Waals surface area contributed by atoms with Crippen LogP contribution in [-0.2, 0) is 11.3 Å². The second-order valence-electron chi connectivity index (χ2n) is 4.35. The first-order valence-electron chi connectivity index (χ1n) is 5.83. The molecule has 1 saturated heterocycles. The Bertz CT molecular complexity index is 394. The third kappa shape index (κ3) is 3.48. The number of carbonyl (C=O) groups is 1. The molecule has 1 aromatic rings. The average molecular weight is 275 g/mol. The zero-order valence-corrected chi connectivity index (χ0v) is 11.2. The average Bonchev–Trinajstić information content (AvgIpc) is 2.77. The first-order valence-corrected chi connectivity index (χ1v) is 5.83. The summed E-state index contributed by atoms with van der Waals surface area (Å²) in [6.07, 6.45) is 1.94. The smallest absolute Gasteiger partial charge is 0.289 e. The minimum Gasteiger partial charge on any atom is -0.453 e. The molecule has 1 aliphatic rings. The summed E-state index contributed by atoms with van der Waals surface area (Å²) in [5.41, 5.74) is 5.85. The molecule has 0 spiro atoms. The normalized spacial score (nSPS) is 19.4. The topological polar surface area (TPSA) is 68.7 Å². The van der Waals surface area contributed by atoms with E-state index in [2.05, 4.69) is 0 Å². The highest BCUT2D eigenvalue weighted by Gasteiger charge is 2.24. The van der Waals surface area contributed by atoms with Gasteiger partial charge in [0.1, 0.15) is 12.4 Å². The molecule has 1 atom stereocenters. The highest BCUT2D eigenvalue weighted by molar-refractivity contribution is 5.91. The maximum atomic E-state index is 12.1. The van der Waals surface area contributed by atoms with Gasteiger partial charge in [-0.25, -0.2) is 0 Å². The molecule has 102 valence electrons. The number of nitrogens with zero attached hydrogens (tertiary/aromatic N) is 1. The van der Waals surface area contributed by atoms with Gasteiger partial charge < -0.3 is 19.8 Å². The fourth-order valence-electron chi connectivity index (χ4n) is 2.06. The number of carbonyl (C=O) groups excluding carboxylic acids is 1. The van der Waals surface area contributed by atoms with Crippen LogP contribution in [0.25, 0.3) is 0 Å². The SMILES string of the molecule is COCc1ccc(C(=O)N2CCCC(N)C2)o1.Cl. The molecule has 0 aromatic carbocycles. The number of piperidine rings is 1. The van der Waals surface area contributed by atoms with Gasteiger partial charge in [0.25, 0.3) is 5.91 Å². The van der Waals surface area contributed by atoms with Crippen molar-refractivity contribution in [3.63, 3.8) is 0 Å². The van der Waals surface area contributed by atoms with Gasteiger partial charge in [-0.15, -0.1) is 12.4 Å². The van der Waals surface area contributed by atoms with Gasteiger partial charge in [0.15, 0.2) is 5.76 Å². The Morgan fingerprint density at radius 1 is 1.61 bits per heavy atom. The largest absolute Gasteiger partial charge is 0.453 e. The van der Waals surface area contributed by atoms with Crippen molar-refractivity contribution in [3.05, 3.63) is 23.7 Å². The zero-order chi connectivity index (χ0) is 12.3. The molecule has 18 heavy (non-hydrogen) atoms. The van der Waals surface area contributed by atoms with Crippen LogP contribution in [0.2, 0.25) is 0 Å². The van der Waals surface area contributed by atoms with Crippen molar-refractivity contribution >= 4 is 18.3 Å². The number of amides is 1. The fourth-order valence-corrected chi connectivity index (χ4v) is 2.06. The first-order chi connectivity index (χ1) is 8.20. The molecule has 0 bridgehead atoms. The molecule has 6 heteroatoms. The second-order valence-corrected chi connectivity index (χ2v) is 4.35. The van der Waals surface area contributed by atoms with Crippen LogP contribution in [0.4, 0.5) is 0 Å². The van der Waals surface area contributed by atoms with E-state index in [0.717, 1.165) is 19.4 Å².